The van der Waals surface area contributed by atoms with Gasteiger partial charge in [-0.15, -0.1) is 10.2 Å². The van der Waals surface area contributed by atoms with Crippen LogP contribution in [0.1, 0.15) is 0 Å². The summed E-state index contributed by atoms with van der Waals surface area (Å²) in [6.45, 7) is 3.61. The minimum absolute atomic E-state index is 0.0683. The van der Waals surface area contributed by atoms with Gasteiger partial charge in [0.2, 0.25) is 15.2 Å². The lowest BCUT2D eigenvalue weighted by Gasteiger charge is -2.25. The molecule has 1 saturated heterocycles. The molecule has 0 saturated carbocycles. The van der Waals surface area contributed by atoms with Crippen molar-refractivity contribution in [3.63, 3.8) is 0 Å². The molecule has 0 amide bonds. The zero-order valence-electron chi connectivity index (χ0n) is 13.3. The van der Waals surface area contributed by atoms with Gasteiger partial charge in [-0.1, -0.05) is 23.1 Å². The van der Waals surface area contributed by atoms with Crippen molar-refractivity contribution in [3.8, 4) is 5.75 Å². The maximum Gasteiger partial charge on any atom is 0.238 e. The lowest BCUT2D eigenvalue weighted by atomic mass is 10.3. The first kappa shape index (κ1) is 18.4. The van der Waals surface area contributed by atoms with Gasteiger partial charge in [-0.25, -0.2) is 13.6 Å². The Labute approximate surface area is 154 Å². The number of rotatable bonds is 7. The van der Waals surface area contributed by atoms with Crippen molar-refractivity contribution < 1.29 is 17.9 Å². The smallest absolute Gasteiger partial charge is 0.238 e. The molecule has 0 unspecified atom stereocenters. The normalized spacial score (nSPS) is 15.3. The van der Waals surface area contributed by atoms with Crippen LogP contribution in [0.5, 0.6) is 5.75 Å². The third-order valence-corrected chi connectivity index (χ3v) is 6.42. The van der Waals surface area contributed by atoms with Crippen LogP contribution < -0.4 is 14.8 Å². The van der Waals surface area contributed by atoms with E-state index in [0.717, 1.165) is 35.8 Å². The van der Waals surface area contributed by atoms with Gasteiger partial charge in [0.15, 0.2) is 4.34 Å². The van der Waals surface area contributed by atoms with Gasteiger partial charge in [0, 0.05) is 18.8 Å². The van der Waals surface area contributed by atoms with E-state index in [1.54, 1.807) is 35.2 Å². The van der Waals surface area contributed by atoms with E-state index < -0.39 is 10.0 Å². The average Bonchev–Trinajstić information content (AvgIpc) is 3.08. The Kier molecular flexibility index (Phi) is 6.12. The largest absolute Gasteiger partial charge is 0.493 e. The number of nitrogens with two attached hydrogens (primary N) is 1. The van der Waals surface area contributed by atoms with Crippen LogP contribution in [0.3, 0.4) is 0 Å². The number of nitrogens with zero attached hydrogens (tertiary/aromatic N) is 3. The monoisotopic (exact) mass is 402 g/mol. The quantitative estimate of drug-likeness (QED) is 0.544. The minimum Gasteiger partial charge on any atom is -0.493 e. The van der Waals surface area contributed by atoms with Crippen molar-refractivity contribution in [3.05, 3.63) is 24.3 Å². The Morgan fingerprint density at radius 1 is 1.24 bits per heavy atom. The van der Waals surface area contributed by atoms with Gasteiger partial charge in [0.1, 0.15) is 5.75 Å². The molecule has 3 rings (SSSR count). The van der Waals surface area contributed by atoms with E-state index in [1.165, 1.54) is 12.1 Å². The summed E-state index contributed by atoms with van der Waals surface area (Å²) in [7, 11) is -3.67. The van der Waals surface area contributed by atoms with Crippen molar-refractivity contribution in [1.29, 1.82) is 0 Å². The molecule has 2 heterocycles. The molecule has 136 valence electrons. The highest BCUT2D eigenvalue weighted by atomic mass is 32.2. The SMILES string of the molecule is NS(=O)(=O)c1ccc(OCCSc2nnc(N3CCOCC3)s2)cc1. The Morgan fingerprint density at radius 3 is 2.64 bits per heavy atom. The first-order valence-corrected chi connectivity index (χ1v) is 10.9. The van der Waals surface area contributed by atoms with Crippen LogP contribution in [0.4, 0.5) is 5.13 Å². The van der Waals surface area contributed by atoms with E-state index in [9.17, 15) is 8.42 Å². The van der Waals surface area contributed by atoms with Gasteiger partial charge in [0.25, 0.3) is 0 Å². The zero-order chi connectivity index (χ0) is 17.7. The van der Waals surface area contributed by atoms with Gasteiger partial charge >= 0.3 is 0 Å². The molecule has 1 fully saturated rings. The fraction of sp³-hybridized carbons (Fsp3) is 0.429. The highest BCUT2D eigenvalue weighted by Gasteiger charge is 2.15. The highest BCUT2D eigenvalue weighted by Crippen LogP contribution is 2.28. The van der Waals surface area contributed by atoms with Crippen LogP contribution in [0.15, 0.2) is 33.5 Å². The predicted octanol–water partition coefficient (Wildman–Crippen LogP) is 1.19. The van der Waals surface area contributed by atoms with Gasteiger partial charge in [-0.2, -0.15) is 0 Å². The second kappa shape index (κ2) is 8.32. The zero-order valence-corrected chi connectivity index (χ0v) is 15.8. The van der Waals surface area contributed by atoms with E-state index in [4.69, 9.17) is 14.6 Å². The molecular formula is C14H18N4O4S3. The molecule has 0 spiro atoms. The molecule has 8 nitrogen and oxygen atoms in total. The van der Waals surface area contributed by atoms with E-state index in [0.29, 0.717) is 18.1 Å². The molecule has 0 radical (unpaired) electrons. The van der Waals surface area contributed by atoms with Crippen molar-refractivity contribution in [2.45, 2.75) is 9.24 Å². The summed E-state index contributed by atoms with van der Waals surface area (Å²) < 4.78 is 34.2. The fourth-order valence-corrected chi connectivity index (χ4v) is 4.45. The van der Waals surface area contributed by atoms with Crippen LogP contribution in [0.2, 0.25) is 0 Å². The third kappa shape index (κ3) is 5.28. The third-order valence-electron chi connectivity index (χ3n) is 3.41. The van der Waals surface area contributed by atoms with E-state index >= 15 is 0 Å². The van der Waals surface area contributed by atoms with Crippen molar-refractivity contribution in [1.82, 2.24) is 10.2 Å². The number of thioether (sulfide) groups is 1. The number of primary sulfonamides is 1. The first-order chi connectivity index (χ1) is 12.0. The molecule has 2 aromatic rings. The van der Waals surface area contributed by atoms with Crippen LogP contribution in [0, 0.1) is 0 Å². The second-order valence-electron chi connectivity index (χ2n) is 5.16. The lowest BCUT2D eigenvalue weighted by Crippen LogP contribution is -2.36. The van der Waals surface area contributed by atoms with E-state index in [2.05, 4.69) is 15.1 Å². The van der Waals surface area contributed by atoms with Crippen LogP contribution >= 0.6 is 23.1 Å². The van der Waals surface area contributed by atoms with Crippen LogP contribution in [-0.4, -0.2) is 57.3 Å². The number of hydrogen-bond donors (Lipinski definition) is 1. The molecule has 2 N–H and O–H groups in total. The standard InChI is InChI=1S/C14H18N4O4S3/c15-25(19,20)12-3-1-11(2-4-12)22-9-10-23-14-17-16-13(24-14)18-5-7-21-8-6-18/h1-4H,5-10H2,(H2,15,19,20). The molecule has 0 aliphatic carbocycles. The number of benzene rings is 1. The average molecular weight is 403 g/mol. The predicted molar refractivity (Wildman–Crippen MR) is 97.0 cm³/mol. The van der Waals surface area contributed by atoms with Gasteiger partial charge in [0.05, 0.1) is 24.7 Å². The number of sulfonamides is 1. The van der Waals surface area contributed by atoms with Gasteiger partial charge < -0.3 is 14.4 Å². The highest BCUT2D eigenvalue weighted by molar-refractivity contribution is 8.01. The number of hydrogen-bond acceptors (Lipinski definition) is 9. The topological polar surface area (TPSA) is 108 Å². The van der Waals surface area contributed by atoms with Crippen molar-refractivity contribution >= 4 is 38.3 Å². The summed E-state index contributed by atoms with van der Waals surface area (Å²) >= 11 is 3.14. The maximum absolute atomic E-state index is 11.2. The number of anilines is 1. The molecular weight excluding hydrogens is 384 g/mol. The summed E-state index contributed by atoms with van der Waals surface area (Å²) in [4.78, 5) is 2.24. The lowest BCUT2D eigenvalue weighted by molar-refractivity contribution is 0.122. The molecule has 0 bridgehead atoms. The second-order valence-corrected chi connectivity index (χ2v) is 9.02. The molecule has 1 aromatic carbocycles. The molecule has 1 aromatic heterocycles. The van der Waals surface area contributed by atoms with Gasteiger partial charge in [-0.3, -0.25) is 0 Å². The maximum atomic E-state index is 11.2. The first-order valence-electron chi connectivity index (χ1n) is 7.57. The fourth-order valence-electron chi connectivity index (χ4n) is 2.16. The summed E-state index contributed by atoms with van der Waals surface area (Å²) in [6, 6.07) is 6.03. The molecule has 1 aliphatic heterocycles. The number of morpholine rings is 1. The van der Waals surface area contributed by atoms with E-state index in [-0.39, 0.29) is 4.90 Å². The number of ether oxygens (including phenoxy) is 2. The Morgan fingerprint density at radius 2 is 1.96 bits per heavy atom. The molecule has 25 heavy (non-hydrogen) atoms. The summed E-state index contributed by atoms with van der Waals surface area (Å²) in [6.07, 6.45) is 0. The van der Waals surface area contributed by atoms with Crippen LogP contribution in [-0.2, 0) is 14.8 Å². The van der Waals surface area contributed by atoms with Crippen molar-refractivity contribution in [2.24, 2.45) is 5.14 Å². The Balaban J connectivity index is 1.43. The Bertz CT molecular complexity index is 789. The van der Waals surface area contributed by atoms with E-state index in [1.807, 2.05) is 0 Å². The molecule has 11 heteroatoms. The summed E-state index contributed by atoms with van der Waals surface area (Å²) in [5, 5.41) is 14.4. The summed E-state index contributed by atoms with van der Waals surface area (Å²) in [5.41, 5.74) is 0. The van der Waals surface area contributed by atoms with Crippen LogP contribution in [0.25, 0.3) is 0 Å². The summed E-state index contributed by atoms with van der Waals surface area (Å²) in [5.74, 6) is 1.31. The minimum atomic E-state index is -3.67. The molecule has 0 atom stereocenters. The van der Waals surface area contributed by atoms with Crippen molar-refractivity contribution in [2.75, 3.05) is 43.6 Å². The Hall–Kier alpha value is -1.40. The number of aromatic nitrogens is 2. The molecule has 1 aliphatic rings. The van der Waals surface area contributed by atoms with Gasteiger partial charge in [-0.05, 0) is 24.3 Å².